The molecule has 0 saturated carbocycles. The molecule has 2 heterocycles. The van der Waals surface area contributed by atoms with Crippen molar-refractivity contribution in [3.8, 4) is 11.5 Å². The number of hydrogen-bond donors (Lipinski definition) is 1. The van der Waals surface area contributed by atoms with Crippen LogP contribution >= 0.6 is 0 Å². The standard InChI is InChI=1S/C20H20N2O5/c1-12(13-3-6-17-18(10-13)26-8-7-25-17)22(2)20(24)21-15-4-5-16-14(9-15)11-27-19(16)23/h3-6,9-10,12H,7-8,11H2,1-2H3,(H,21,24). The number of amides is 2. The van der Waals surface area contributed by atoms with Gasteiger partial charge in [-0.15, -0.1) is 0 Å². The third-order valence-corrected chi connectivity index (χ3v) is 4.89. The van der Waals surface area contributed by atoms with Crippen molar-refractivity contribution in [2.75, 3.05) is 25.6 Å². The van der Waals surface area contributed by atoms with Crippen molar-refractivity contribution in [3.63, 3.8) is 0 Å². The number of ether oxygens (including phenoxy) is 3. The third-order valence-electron chi connectivity index (χ3n) is 4.89. The van der Waals surface area contributed by atoms with Crippen LogP contribution in [0.5, 0.6) is 11.5 Å². The average molecular weight is 368 g/mol. The quantitative estimate of drug-likeness (QED) is 0.841. The van der Waals surface area contributed by atoms with Crippen molar-refractivity contribution in [3.05, 3.63) is 53.1 Å². The molecular formula is C20H20N2O5. The summed E-state index contributed by atoms with van der Waals surface area (Å²) >= 11 is 0. The SMILES string of the molecule is CC(c1ccc2c(c1)OCCO2)N(C)C(=O)Nc1ccc2c(c1)COC2=O. The van der Waals surface area contributed by atoms with Gasteiger partial charge in [0.1, 0.15) is 19.8 Å². The average Bonchev–Trinajstić information content (AvgIpc) is 3.06. The van der Waals surface area contributed by atoms with Gasteiger partial charge >= 0.3 is 12.0 Å². The van der Waals surface area contributed by atoms with Gasteiger partial charge in [-0.3, -0.25) is 0 Å². The van der Waals surface area contributed by atoms with E-state index in [1.165, 1.54) is 0 Å². The summed E-state index contributed by atoms with van der Waals surface area (Å²) in [4.78, 5) is 25.8. The second kappa shape index (κ2) is 6.83. The lowest BCUT2D eigenvalue weighted by atomic mass is 10.1. The molecule has 1 atom stereocenters. The predicted octanol–water partition coefficient (Wildman–Crippen LogP) is 3.35. The first kappa shape index (κ1) is 17.2. The van der Waals surface area contributed by atoms with Gasteiger partial charge in [-0.25, -0.2) is 9.59 Å². The van der Waals surface area contributed by atoms with Gasteiger partial charge in [0.15, 0.2) is 11.5 Å². The van der Waals surface area contributed by atoms with Crippen LogP contribution in [0.2, 0.25) is 0 Å². The Labute approximate surface area is 156 Å². The van der Waals surface area contributed by atoms with E-state index in [4.69, 9.17) is 14.2 Å². The van der Waals surface area contributed by atoms with E-state index in [-0.39, 0.29) is 24.6 Å². The minimum absolute atomic E-state index is 0.167. The molecule has 2 amide bonds. The summed E-state index contributed by atoms with van der Waals surface area (Å²) in [5.74, 6) is 1.09. The smallest absolute Gasteiger partial charge is 0.338 e. The normalized spacial score (nSPS) is 15.6. The number of benzene rings is 2. The van der Waals surface area contributed by atoms with Crippen LogP contribution in [-0.4, -0.2) is 37.2 Å². The van der Waals surface area contributed by atoms with Crippen LogP contribution in [0.25, 0.3) is 0 Å². The highest BCUT2D eigenvalue weighted by Crippen LogP contribution is 2.34. The Kier molecular flexibility index (Phi) is 4.35. The number of rotatable bonds is 3. The first-order valence-electron chi connectivity index (χ1n) is 8.76. The molecule has 2 aliphatic rings. The van der Waals surface area contributed by atoms with Gasteiger partial charge in [0.2, 0.25) is 0 Å². The fourth-order valence-corrected chi connectivity index (χ4v) is 3.14. The van der Waals surface area contributed by atoms with Gasteiger partial charge in [-0.05, 0) is 42.8 Å². The molecule has 1 N–H and O–H groups in total. The van der Waals surface area contributed by atoms with Crippen molar-refractivity contribution in [2.24, 2.45) is 0 Å². The van der Waals surface area contributed by atoms with Crippen molar-refractivity contribution in [1.82, 2.24) is 4.90 Å². The summed E-state index contributed by atoms with van der Waals surface area (Å²) < 4.78 is 16.1. The van der Waals surface area contributed by atoms with E-state index in [9.17, 15) is 9.59 Å². The van der Waals surface area contributed by atoms with Gasteiger partial charge < -0.3 is 24.4 Å². The van der Waals surface area contributed by atoms with E-state index >= 15 is 0 Å². The van der Waals surface area contributed by atoms with E-state index < -0.39 is 0 Å². The van der Waals surface area contributed by atoms with E-state index in [2.05, 4.69) is 5.32 Å². The first-order valence-corrected chi connectivity index (χ1v) is 8.76. The molecule has 2 aromatic rings. The fraction of sp³-hybridized carbons (Fsp3) is 0.300. The molecule has 0 fully saturated rings. The molecule has 4 rings (SSSR count). The Morgan fingerprint density at radius 3 is 2.67 bits per heavy atom. The maximum atomic E-state index is 12.6. The molecule has 0 radical (unpaired) electrons. The summed E-state index contributed by atoms with van der Waals surface area (Å²) in [7, 11) is 1.73. The second-order valence-corrected chi connectivity index (χ2v) is 6.57. The lowest BCUT2D eigenvalue weighted by Gasteiger charge is -2.27. The number of fused-ring (bicyclic) bond motifs is 2. The molecule has 7 nitrogen and oxygen atoms in total. The summed E-state index contributed by atoms with van der Waals surface area (Å²) in [5, 5.41) is 2.86. The Morgan fingerprint density at radius 1 is 1.07 bits per heavy atom. The molecule has 7 heteroatoms. The number of esters is 1. The van der Waals surface area contributed by atoms with Gasteiger partial charge in [0.05, 0.1) is 11.6 Å². The largest absolute Gasteiger partial charge is 0.486 e. The lowest BCUT2D eigenvalue weighted by Crippen LogP contribution is -2.33. The zero-order valence-electron chi connectivity index (χ0n) is 15.2. The fourth-order valence-electron chi connectivity index (χ4n) is 3.14. The van der Waals surface area contributed by atoms with Gasteiger partial charge in [0.25, 0.3) is 0 Å². The number of nitrogens with one attached hydrogen (secondary N) is 1. The van der Waals surface area contributed by atoms with Crippen molar-refractivity contribution >= 4 is 17.7 Å². The highest BCUT2D eigenvalue weighted by atomic mass is 16.6. The highest BCUT2D eigenvalue weighted by molar-refractivity contribution is 5.95. The number of carbonyl (C=O) groups excluding carboxylic acids is 2. The molecule has 0 aromatic heterocycles. The van der Waals surface area contributed by atoms with Gasteiger partial charge in [-0.1, -0.05) is 6.07 Å². The molecule has 2 aliphatic heterocycles. The number of hydrogen-bond acceptors (Lipinski definition) is 5. The topological polar surface area (TPSA) is 77.1 Å². The van der Waals surface area contributed by atoms with Crippen LogP contribution in [0.3, 0.4) is 0 Å². The molecule has 0 bridgehead atoms. The molecule has 140 valence electrons. The first-order chi connectivity index (χ1) is 13.0. The van der Waals surface area contributed by atoms with Crippen molar-refractivity contribution < 1.29 is 23.8 Å². The Hall–Kier alpha value is -3.22. The van der Waals surface area contributed by atoms with Crippen LogP contribution in [0.15, 0.2) is 36.4 Å². The number of cyclic esters (lactones) is 1. The summed E-state index contributed by atoms with van der Waals surface area (Å²) in [6.45, 7) is 3.24. The van der Waals surface area contributed by atoms with Crippen LogP contribution in [0.1, 0.15) is 34.5 Å². The summed E-state index contributed by atoms with van der Waals surface area (Å²) in [6, 6.07) is 10.4. The number of carbonyl (C=O) groups is 2. The Morgan fingerprint density at radius 2 is 1.85 bits per heavy atom. The maximum absolute atomic E-state index is 12.6. The van der Waals surface area contributed by atoms with Crippen LogP contribution in [-0.2, 0) is 11.3 Å². The zero-order chi connectivity index (χ0) is 19.0. The summed E-state index contributed by atoms with van der Waals surface area (Å²) in [5.41, 5.74) is 2.90. The molecule has 27 heavy (non-hydrogen) atoms. The monoisotopic (exact) mass is 368 g/mol. The van der Waals surface area contributed by atoms with E-state index in [1.807, 2.05) is 25.1 Å². The zero-order valence-corrected chi connectivity index (χ0v) is 15.2. The van der Waals surface area contributed by atoms with Crippen LogP contribution in [0, 0.1) is 0 Å². The number of nitrogens with zero attached hydrogens (tertiary/aromatic N) is 1. The van der Waals surface area contributed by atoms with Crippen molar-refractivity contribution in [2.45, 2.75) is 19.6 Å². The molecule has 0 spiro atoms. The Balaban J connectivity index is 1.46. The molecule has 2 aromatic carbocycles. The number of urea groups is 1. The molecule has 0 saturated heterocycles. The van der Waals surface area contributed by atoms with E-state index in [0.717, 1.165) is 16.9 Å². The molecule has 0 aliphatic carbocycles. The second-order valence-electron chi connectivity index (χ2n) is 6.57. The van der Waals surface area contributed by atoms with E-state index in [0.29, 0.717) is 30.2 Å². The van der Waals surface area contributed by atoms with Crippen molar-refractivity contribution in [1.29, 1.82) is 0 Å². The lowest BCUT2D eigenvalue weighted by molar-refractivity contribution is 0.0535. The molecule has 1 unspecified atom stereocenters. The predicted molar refractivity (Wildman–Crippen MR) is 98.2 cm³/mol. The highest BCUT2D eigenvalue weighted by Gasteiger charge is 2.23. The Bertz CT molecular complexity index is 911. The van der Waals surface area contributed by atoms with Crippen LogP contribution in [0.4, 0.5) is 10.5 Å². The third kappa shape index (κ3) is 3.28. The minimum Gasteiger partial charge on any atom is -0.486 e. The van der Waals surface area contributed by atoms with E-state index in [1.54, 1.807) is 30.1 Å². The van der Waals surface area contributed by atoms with Crippen LogP contribution < -0.4 is 14.8 Å². The minimum atomic E-state index is -0.327. The van der Waals surface area contributed by atoms with Gasteiger partial charge in [0, 0.05) is 18.3 Å². The van der Waals surface area contributed by atoms with Gasteiger partial charge in [-0.2, -0.15) is 0 Å². The maximum Gasteiger partial charge on any atom is 0.338 e. The molecular weight excluding hydrogens is 348 g/mol. The summed E-state index contributed by atoms with van der Waals surface area (Å²) in [6.07, 6.45) is 0. The number of anilines is 1.